The molecular formula is C13H10FN3O3. The van der Waals surface area contributed by atoms with Crippen LogP contribution < -0.4 is 0 Å². The summed E-state index contributed by atoms with van der Waals surface area (Å²) in [6.07, 6.45) is 1.30. The van der Waals surface area contributed by atoms with Crippen LogP contribution in [0.5, 0.6) is 0 Å². The van der Waals surface area contributed by atoms with Crippen molar-refractivity contribution in [2.24, 2.45) is 0 Å². The van der Waals surface area contributed by atoms with E-state index in [1.165, 1.54) is 35.0 Å². The fraction of sp³-hybridized carbons (Fsp3) is 0.154. The van der Waals surface area contributed by atoms with Gasteiger partial charge >= 0.3 is 5.97 Å². The summed E-state index contributed by atoms with van der Waals surface area (Å²) < 4.78 is 15.4. The van der Waals surface area contributed by atoms with Crippen molar-refractivity contribution >= 4 is 11.9 Å². The number of halogens is 1. The number of amides is 1. The third kappa shape index (κ3) is 1.59. The maximum absolute atomic E-state index is 13.9. The number of carboxylic acid groups (broad SMARTS) is 1. The molecule has 1 aliphatic rings. The molecule has 1 aromatic carbocycles. The minimum Gasteiger partial charge on any atom is -0.476 e. The van der Waals surface area contributed by atoms with E-state index in [0.29, 0.717) is 11.4 Å². The standard InChI is InChI=1S/C13H10FN3O3/c1-16-5-9-11(13(19)20)15-6-17(9)8-4-2-3-7(14)10(8)12(16)18/h2-4,6H,5H2,1H3,(H,19,20). The van der Waals surface area contributed by atoms with Crippen LogP contribution in [0.4, 0.5) is 4.39 Å². The van der Waals surface area contributed by atoms with E-state index in [1.54, 1.807) is 6.07 Å². The quantitative estimate of drug-likeness (QED) is 0.851. The third-order valence-electron chi connectivity index (χ3n) is 3.27. The number of nitrogens with zero attached hydrogens (tertiary/aromatic N) is 3. The van der Waals surface area contributed by atoms with Crippen molar-refractivity contribution < 1.29 is 19.1 Å². The van der Waals surface area contributed by atoms with Gasteiger partial charge < -0.3 is 10.0 Å². The number of carbonyl (C=O) groups is 2. The molecule has 2 heterocycles. The molecular weight excluding hydrogens is 265 g/mol. The van der Waals surface area contributed by atoms with Crippen molar-refractivity contribution in [2.75, 3.05) is 7.05 Å². The first-order chi connectivity index (χ1) is 9.50. The minimum atomic E-state index is -1.18. The predicted octanol–water partition coefficient (Wildman–Crippen LogP) is 1.30. The van der Waals surface area contributed by atoms with E-state index in [9.17, 15) is 14.0 Å². The number of benzene rings is 1. The second kappa shape index (κ2) is 4.16. The Labute approximate surface area is 113 Å². The number of fused-ring (bicyclic) bond motifs is 3. The highest BCUT2D eigenvalue weighted by atomic mass is 19.1. The normalized spacial score (nSPS) is 13.7. The number of carbonyl (C=O) groups excluding carboxylic acids is 1. The predicted molar refractivity (Wildman–Crippen MR) is 66.3 cm³/mol. The SMILES string of the molecule is CN1Cc2c(C(=O)O)ncn2-c2cccc(F)c2C1=O. The number of rotatable bonds is 1. The molecule has 0 atom stereocenters. The van der Waals surface area contributed by atoms with E-state index in [1.807, 2.05) is 0 Å². The lowest BCUT2D eigenvalue weighted by Crippen LogP contribution is -2.26. The fourth-order valence-electron chi connectivity index (χ4n) is 2.32. The first kappa shape index (κ1) is 12.3. The van der Waals surface area contributed by atoms with E-state index < -0.39 is 17.7 Å². The monoisotopic (exact) mass is 275 g/mol. The van der Waals surface area contributed by atoms with Gasteiger partial charge in [-0.25, -0.2) is 14.2 Å². The van der Waals surface area contributed by atoms with Gasteiger partial charge in [-0.3, -0.25) is 9.36 Å². The van der Waals surface area contributed by atoms with Gasteiger partial charge in [0.1, 0.15) is 12.1 Å². The van der Waals surface area contributed by atoms with Crippen LogP contribution in [0, 0.1) is 5.82 Å². The summed E-state index contributed by atoms with van der Waals surface area (Å²) >= 11 is 0. The van der Waals surface area contributed by atoms with E-state index in [0.717, 1.165) is 0 Å². The van der Waals surface area contributed by atoms with Crippen molar-refractivity contribution in [3.05, 3.63) is 47.3 Å². The van der Waals surface area contributed by atoms with Gasteiger partial charge in [-0.1, -0.05) is 6.07 Å². The first-order valence-electron chi connectivity index (χ1n) is 5.84. The van der Waals surface area contributed by atoms with E-state index >= 15 is 0 Å². The molecule has 1 amide bonds. The molecule has 1 aromatic heterocycles. The molecule has 7 heteroatoms. The highest BCUT2D eigenvalue weighted by Crippen LogP contribution is 2.27. The van der Waals surface area contributed by atoms with Gasteiger partial charge in [-0.05, 0) is 12.1 Å². The lowest BCUT2D eigenvalue weighted by Gasteiger charge is -2.14. The van der Waals surface area contributed by atoms with Gasteiger partial charge in [0.25, 0.3) is 5.91 Å². The molecule has 20 heavy (non-hydrogen) atoms. The molecule has 3 rings (SSSR count). The Bertz CT molecular complexity index is 738. The van der Waals surface area contributed by atoms with E-state index in [-0.39, 0.29) is 17.8 Å². The lowest BCUT2D eigenvalue weighted by atomic mass is 10.1. The Morgan fingerprint density at radius 1 is 1.45 bits per heavy atom. The van der Waals surface area contributed by atoms with Crippen molar-refractivity contribution in [1.82, 2.24) is 14.5 Å². The number of carboxylic acids is 1. The number of aromatic carboxylic acids is 1. The number of hydrogen-bond donors (Lipinski definition) is 1. The molecule has 0 bridgehead atoms. The molecule has 2 aromatic rings. The van der Waals surface area contributed by atoms with Crippen molar-refractivity contribution in [3.63, 3.8) is 0 Å². The van der Waals surface area contributed by atoms with Gasteiger partial charge in [0.15, 0.2) is 5.69 Å². The molecule has 6 nitrogen and oxygen atoms in total. The largest absolute Gasteiger partial charge is 0.476 e. The average molecular weight is 275 g/mol. The minimum absolute atomic E-state index is 0.0502. The first-order valence-corrected chi connectivity index (χ1v) is 5.84. The Kier molecular flexibility index (Phi) is 2.56. The highest BCUT2D eigenvalue weighted by molar-refractivity contribution is 5.99. The summed E-state index contributed by atoms with van der Waals surface area (Å²) in [5.41, 5.74) is 0.428. The van der Waals surface area contributed by atoms with Crippen LogP contribution in [-0.2, 0) is 6.54 Å². The highest BCUT2D eigenvalue weighted by Gasteiger charge is 2.30. The summed E-state index contributed by atoms with van der Waals surface area (Å²) in [6.45, 7) is 0.0502. The average Bonchev–Trinajstić information content (AvgIpc) is 2.77. The Balaban J connectivity index is 2.35. The second-order valence-electron chi connectivity index (χ2n) is 4.51. The fourth-order valence-corrected chi connectivity index (χ4v) is 2.32. The van der Waals surface area contributed by atoms with Gasteiger partial charge in [-0.15, -0.1) is 0 Å². The molecule has 0 unspecified atom stereocenters. The maximum Gasteiger partial charge on any atom is 0.356 e. The van der Waals surface area contributed by atoms with Crippen molar-refractivity contribution in [2.45, 2.75) is 6.54 Å². The summed E-state index contributed by atoms with van der Waals surface area (Å²) in [6, 6.07) is 4.23. The lowest BCUT2D eigenvalue weighted by molar-refractivity contribution is 0.0682. The van der Waals surface area contributed by atoms with Crippen molar-refractivity contribution in [3.8, 4) is 5.69 Å². The van der Waals surface area contributed by atoms with Crippen LogP contribution in [-0.4, -0.2) is 38.5 Å². The van der Waals surface area contributed by atoms with Crippen LogP contribution in [0.25, 0.3) is 5.69 Å². The molecule has 0 saturated carbocycles. The van der Waals surface area contributed by atoms with Crippen LogP contribution >= 0.6 is 0 Å². The third-order valence-corrected chi connectivity index (χ3v) is 3.27. The second-order valence-corrected chi connectivity index (χ2v) is 4.51. The van der Waals surface area contributed by atoms with Crippen LogP contribution in [0.15, 0.2) is 24.5 Å². The van der Waals surface area contributed by atoms with Crippen molar-refractivity contribution in [1.29, 1.82) is 0 Å². The summed E-state index contributed by atoms with van der Waals surface area (Å²) in [5, 5.41) is 9.12. The Hall–Kier alpha value is -2.70. The van der Waals surface area contributed by atoms with Crippen LogP contribution in [0.3, 0.4) is 0 Å². The molecule has 0 radical (unpaired) electrons. The number of imidazole rings is 1. The van der Waals surface area contributed by atoms with E-state index in [2.05, 4.69) is 4.98 Å². The zero-order chi connectivity index (χ0) is 14.4. The molecule has 1 aliphatic heterocycles. The van der Waals surface area contributed by atoms with Gasteiger partial charge in [0.05, 0.1) is 23.5 Å². The summed E-state index contributed by atoms with van der Waals surface area (Å²) in [4.78, 5) is 28.5. The number of aromatic nitrogens is 2. The molecule has 0 fully saturated rings. The Morgan fingerprint density at radius 2 is 2.20 bits per heavy atom. The van der Waals surface area contributed by atoms with Crippen LogP contribution in [0.1, 0.15) is 26.5 Å². The molecule has 0 aliphatic carbocycles. The zero-order valence-electron chi connectivity index (χ0n) is 10.5. The molecule has 0 saturated heterocycles. The molecule has 102 valence electrons. The topological polar surface area (TPSA) is 75.4 Å². The zero-order valence-corrected chi connectivity index (χ0v) is 10.5. The number of hydrogen-bond acceptors (Lipinski definition) is 3. The van der Waals surface area contributed by atoms with Gasteiger partial charge in [-0.2, -0.15) is 0 Å². The van der Waals surface area contributed by atoms with Gasteiger partial charge in [0, 0.05) is 7.05 Å². The van der Waals surface area contributed by atoms with E-state index in [4.69, 9.17) is 5.11 Å². The Morgan fingerprint density at radius 3 is 2.90 bits per heavy atom. The maximum atomic E-state index is 13.9. The summed E-state index contributed by atoms with van der Waals surface area (Å²) in [5.74, 6) is -2.31. The van der Waals surface area contributed by atoms with Gasteiger partial charge in [0.2, 0.25) is 0 Å². The smallest absolute Gasteiger partial charge is 0.356 e. The summed E-state index contributed by atoms with van der Waals surface area (Å²) in [7, 11) is 1.49. The van der Waals surface area contributed by atoms with Crippen LogP contribution in [0.2, 0.25) is 0 Å². The molecule has 0 spiro atoms. The molecule has 1 N–H and O–H groups in total.